The van der Waals surface area contributed by atoms with E-state index in [9.17, 15) is 0 Å². The average molecular weight is 357 g/mol. The Balaban J connectivity index is -0.0000000945. The number of unbranched alkanes of at least 4 members (excludes halogenated alkanes) is 1. The molecular formula is C19H45AlMgO2. The van der Waals surface area contributed by atoms with Crippen molar-refractivity contribution in [2.24, 2.45) is 17.8 Å². The highest BCUT2D eigenvalue weighted by Gasteiger charge is 2.20. The second kappa shape index (κ2) is 25.5. The van der Waals surface area contributed by atoms with E-state index in [-0.39, 0.29) is 18.4 Å². The molecule has 0 saturated heterocycles. The molecular weight excluding hydrogens is 311 g/mol. The molecule has 0 spiro atoms. The Labute approximate surface area is 163 Å². The van der Waals surface area contributed by atoms with Gasteiger partial charge >= 0.3 is 20.4 Å². The number of rotatable bonds is 10. The fourth-order valence-electron chi connectivity index (χ4n) is 2.97. The summed E-state index contributed by atoms with van der Waals surface area (Å²) in [6.07, 6.45) is 2.88. The third kappa shape index (κ3) is 35.3. The molecule has 23 heavy (non-hydrogen) atoms. The molecule has 0 aliphatic heterocycles. The van der Waals surface area contributed by atoms with Crippen LogP contribution >= 0.6 is 0 Å². The summed E-state index contributed by atoms with van der Waals surface area (Å²) in [7, 11) is 0. The molecule has 0 aliphatic rings. The van der Waals surface area contributed by atoms with Gasteiger partial charge in [0.25, 0.3) is 14.1 Å². The van der Waals surface area contributed by atoms with Crippen LogP contribution in [0.5, 0.6) is 0 Å². The molecule has 138 valence electrons. The van der Waals surface area contributed by atoms with Crippen LogP contribution in [0.25, 0.3) is 0 Å². The first kappa shape index (κ1) is 35.3. The maximum Gasteiger partial charge on any atom is 0.363 e. The smallest absolute Gasteiger partial charge is 0.363 e. The van der Waals surface area contributed by atoms with E-state index in [2.05, 4.69) is 55.4 Å². The van der Waals surface area contributed by atoms with Gasteiger partial charge < -0.3 is 11.0 Å². The summed E-state index contributed by atoms with van der Waals surface area (Å²) in [5.41, 5.74) is 0. The quantitative estimate of drug-likeness (QED) is 0.380. The lowest BCUT2D eigenvalue weighted by Crippen LogP contribution is -2.19. The van der Waals surface area contributed by atoms with Crippen molar-refractivity contribution in [3.63, 3.8) is 0 Å². The lowest BCUT2D eigenvalue weighted by molar-refractivity contribution is 0.659. The third-order valence-corrected chi connectivity index (χ3v) is 10.2. The van der Waals surface area contributed by atoms with Gasteiger partial charge in [-0.15, -0.1) is 9.10 Å². The van der Waals surface area contributed by atoms with Crippen LogP contribution in [0.3, 0.4) is 0 Å². The van der Waals surface area contributed by atoms with Crippen molar-refractivity contribution in [3.8, 4) is 0 Å². The monoisotopic (exact) mass is 356 g/mol. The summed E-state index contributed by atoms with van der Waals surface area (Å²) in [5.74, 6) is 2.78. The van der Waals surface area contributed by atoms with Crippen molar-refractivity contribution in [1.29, 1.82) is 0 Å². The Kier molecular flexibility index (Phi) is 39.1. The molecule has 4 heteroatoms. The van der Waals surface area contributed by atoms with Crippen LogP contribution in [0.15, 0.2) is 0 Å². The van der Waals surface area contributed by atoms with Crippen molar-refractivity contribution in [2.75, 3.05) is 0 Å². The molecule has 0 saturated carbocycles. The van der Waals surface area contributed by atoms with Gasteiger partial charge in [0.1, 0.15) is 0 Å². The fourth-order valence-corrected chi connectivity index (χ4v) is 8.90. The molecule has 0 rings (SSSR count). The molecule has 0 aromatic carbocycles. The summed E-state index contributed by atoms with van der Waals surface area (Å²) in [5, 5.41) is 4.66. The van der Waals surface area contributed by atoms with Crippen molar-refractivity contribution in [3.05, 3.63) is 7.43 Å². The molecule has 4 N–H and O–H groups in total. The van der Waals surface area contributed by atoms with Crippen molar-refractivity contribution in [2.45, 2.75) is 93.2 Å². The molecule has 4 radical (unpaired) electrons. The Morgan fingerprint density at radius 2 is 1.09 bits per heavy atom. The van der Waals surface area contributed by atoms with E-state index in [1.165, 1.54) is 17.4 Å². The molecule has 2 nitrogen and oxygen atoms in total. The molecule has 0 aromatic heterocycles. The molecule has 0 unspecified atom stereocenters. The average Bonchev–Trinajstić information content (AvgIpc) is 2.27. The summed E-state index contributed by atoms with van der Waals surface area (Å²) in [6, 6.07) is 0. The van der Waals surface area contributed by atoms with Gasteiger partial charge in [0.05, 0.1) is 0 Å². The van der Waals surface area contributed by atoms with E-state index in [1.54, 1.807) is 20.4 Å². The van der Waals surface area contributed by atoms with Crippen molar-refractivity contribution >= 4 is 34.5 Å². The normalized spacial score (nSPS) is 9.17. The first-order chi connectivity index (χ1) is 9.33. The van der Waals surface area contributed by atoms with Crippen molar-refractivity contribution < 1.29 is 11.0 Å². The van der Waals surface area contributed by atoms with Crippen LogP contribution in [0.2, 0.25) is 24.9 Å². The highest BCUT2D eigenvalue weighted by atomic mass is 27.2. The Hall–Kier alpha value is 1.22. The SMILES string of the molecule is CC(C)[CH2][Al]([CH2]C(C)C)[CH2]C(C)C.CCC[CH2][Mg][CH2]C.O.O.[C]. The van der Waals surface area contributed by atoms with Crippen LogP contribution in [0.4, 0.5) is 0 Å². The van der Waals surface area contributed by atoms with Crippen LogP contribution < -0.4 is 0 Å². The minimum Gasteiger partial charge on any atom is -0.412 e. The zero-order valence-electron chi connectivity index (χ0n) is 17.5. The van der Waals surface area contributed by atoms with Gasteiger partial charge in [-0.05, 0) is 0 Å². The minimum absolute atomic E-state index is 0. The maximum absolute atomic E-state index is 2.38. The Morgan fingerprint density at radius 3 is 1.30 bits per heavy atom. The zero-order valence-corrected chi connectivity index (χ0v) is 20.0. The van der Waals surface area contributed by atoms with Crippen molar-refractivity contribution in [1.82, 2.24) is 0 Å². The topological polar surface area (TPSA) is 63.0 Å². The highest BCUT2D eigenvalue weighted by molar-refractivity contribution is 6.58. The van der Waals surface area contributed by atoms with E-state index in [4.69, 9.17) is 0 Å². The summed E-state index contributed by atoms with van der Waals surface area (Å²) >= 11 is 0.00330. The Bertz CT molecular complexity index is 160. The van der Waals surface area contributed by atoms with Gasteiger partial charge in [0.15, 0.2) is 0 Å². The summed E-state index contributed by atoms with van der Waals surface area (Å²) < 4.78 is 3.08. The van der Waals surface area contributed by atoms with E-state index in [0.717, 1.165) is 17.8 Å². The third-order valence-electron chi connectivity index (χ3n) is 3.62. The lowest BCUT2D eigenvalue weighted by Gasteiger charge is -2.17. The zero-order chi connectivity index (χ0) is 16.0. The van der Waals surface area contributed by atoms with E-state index < -0.39 is 14.1 Å². The van der Waals surface area contributed by atoms with Gasteiger partial charge in [0.2, 0.25) is 0 Å². The first-order valence-electron chi connectivity index (χ1n) is 9.33. The van der Waals surface area contributed by atoms with E-state index in [1.807, 2.05) is 0 Å². The molecule has 0 heterocycles. The van der Waals surface area contributed by atoms with Gasteiger partial charge in [-0.1, -0.05) is 102 Å². The van der Waals surface area contributed by atoms with Crippen LogP contribution in [-0.2, 0) is 0 Å². The number of hydrogen-bond acceptors (Lipinski definition) is 0. The lowest BCUT2D eigenvalue weighted by atomic mass is 10.2. The molecule has 0 aliphatic carbocycles. The molecule has 0 aromatic rings. The second-order valence-corrected chi connectivity index (χ2v) is 13.4. The number of hydrogen-bond donors (Lipinski definition) is 0. The summed E-state index contributed by atoms with van der Waals surface area (Å²) in [4.78, 5) is 0. The molecule has 0 atom stereocenters. The first-order valence-corrected chi connectivity index (χ1v) is 13.8. The molecule has 0 amide bonds. The molecule has 0 fully saturated rings. The fraction of sp³-hybridized carbons (Fsp3) is 0.947. The second-order valence-electron chi connectivity index (χ2n) is 7.82. The van der Waals surface area contributed by atoms with Crippen LogP contribution in [0.1, 0.15) is 68.2 Å². The minimum atomic E-state index is -0.407. The highest BCUT2D eigenvalue weighted by Crippen LogP contribution is 2.20. The standard InChI is InChI=1S/4C4H9.C2H5.C.Al.Mg.2H2O/c3*1-4(2)3;1-3-4-2;1-2;;;;;/h3*4H,1H2,2-3H3;1,3-4H2,2H3;1H2,2H3;;;;2*1H2. The van der Waals surface area contributed by atoms with Crippen LogP contribution in [-0.4, -0.2) is 45.5 Å². The van der Waals surface area contributed by atoms with E-state index >= 15 is 0 Å². The van der Waals surface area contributed by atoms with E-state index in [0.29, 0.717) is 20.4 Å². The summed E-state index contributed by atoms with van der Waals surface area (Å²) in [6.45, 7) is 18.8. The predicted octanol–water partition coefficient (Wildman–Crippen LogP) is 5.23. The maximum atomic E-state index is 2.38. The largest absolute Gasteiger partial charge is 0.412 e. The van der Waals surface area contributed by atoms with Crippen LogP contribution in [0, 0.1) is 25.2 Å². The Morgan fingerprint density at radius 1 is 0.739 bits per heavy atom. The van der Waals surface area contributed by atoms with Gasteiger partial charge in [-0.2, -0.15) is 0 Å². The van der Waals surface area contributed by atoms with Gasteiger partial charge in [-0.25, -0.2) is 0 Å². The van der Waals surface area contributed by atoms with Gasteiger partial charge in [0, 0.05) is 7.43 Å². The molecule has 0 bridgehead atoms. The predicted molar refractivity (Wildman–Crippen MR) is 111 cm³/mol. The van der Waals surface area contributed by atoms with Gasteiger partial charge in [-0.3, -0.25) is 0 Å².